The highest BCUT2D eigenvalue weighted by Crippen LogP contribution is 2.34. The van der Waals surface area contributed by atoms with Crippen LogP contribution in [0.4, 0.5) is 0 Å². The van der Waals surface area contributed by atoms with E-state index in [4.69, 9.17) is 14.2 Å². The maximum absolute atomic E-state index is 10.2. The van der Waals surface area contributed by atoms with E-state index in [1.54, 1.807) is 0 Å². The minimum Gasteiger partial charge on any atom is -0.481 e. The second-order valence-corrected chi connectivity index (χ2v) is 4.32. The molecule has 1 aromatic rings. The second kappa shape index (κ2) is 12.1. The van der Waals surface area contributed by atoms with E-state index in [1.165, 1.54) is 0 Å². The summed E-state index contributed by atoms with van der Waals surface area (Å²) in [5.74, 6) is -0.874. The molecular weight excluding hydrogens is 267 g/mol. The van der Waals surface area contributed by atoms with Gasteiger partial charge in [-0.25, -0.2) is 0 Å². The molecule has 0 spiro atoms. The van der Waals surface area contributed by atoms with Gasteiger partial charge in [0.25, 0.3) is 0 Å². The summed E-state index contributed by atoms with van der Waals surface area (Å²) in [7, 11) is -1.93. The third-order valence-corrected chi connectivity index (χ3v) is 2.67. The summed E-state index contributed by atoms with van der Waals surface area (Å²) in [6.45, 7) is 4.46. The van der Waals surface area contributed by atoms with E-state index in [1.807, 2.05) is 44.2 Å². The van der Waals surface area contributed by atoms with E-state index < -0.39 is 14.6 Å². The monoisotopic (exact) mass is 288 g/mol. The Hall–Kier alpha value is -1.00. The molecule has 0 aliphatic carbocycles. The highest BCUT2D eigenvalue weighted by molar-refractivity contribution is 7.40. The van der Waals surface area contributed by atoms with E-state index in [0.717, 1.165) is 5.56 Å². The molecule has 0 aromatic heterocycles. The molecule has 0 bridgehead atoms. The normalized spacial score (nSPS) is 11.3. The fourth-order valence-corrected chi connectivity index (χ4v) is 1.73. The third kappa shape index (κ3) is 10.6. The van der Waals surface area contributed by atoms with Crippen LogP contribution in [0.15, 0.2) is 30.3 Å². The van der Waals surface area contributed by atoms with Gasteiger partial charge in [0.1, 0.15) is 0 Å². The van der Waals surface area contributed by atoms with Crippen LogP contribution in [-0.4, -0.2) is 22.6 Å². The van der Waals surface area contributed by atoms with Gasteiger partial charge in [0.2, 0.25) is 0 Å². The molecule has 1 atom stereocenters. The lowest BCUT2D eigenvalue weighted by Gasteiger charge is -2.10. The first kappa shape index (κ1) is 18.0. The van der Waals surface area contributed by atoms with Gasteiger partial charge in [0.05, 0.1) is 13.2 Å². The van der Waals surface area contributed by atoms with Crippen LogP contribution in [0.5, 0.6) is 0 Å². The molecule has 1 unspecified atom stereocenters. The summed E-state index contributed by atoms with van der Waals surface area (Å²) in [6.07, 6.45) is 0.394. The van der Waals surface area contributed by atoms with Gasteiger partial charge < -0.3 is 19.0 Å². The van der Waals surface area contributed by atoms with E-state index in [9.17, 15) is 9.69 Å². The lowest BCUT2D eigenvalue weighted by atomic mass is 10.2. The van der Waals surface area contributed by atoms with Crippen LogP contribution in [0.25, 0.3) is 0 Å². The quantitative estimate of drug-likeness (QED) is 0.567. The van der Waals surface area contributed by atoms with Crippen LogP contribution in [0.2, 0.25) is 0 Å². The summed E-state index contributed by atoms with van der Waals surface area (Å²) in [6, 6.07) is 9.42. The Morgan fingerprint density at radius 3 is 2.42 bits per heavy atom. The van der Waals surface area contributed by atoms with E-state index >= 15 is 0 Å². The molecule has 1 aromatic carbocycles. The van der Waals surface area contributed by atoms with Crippen molar-refractivity contribution >= 4 is 14.6 Å². The SMILES string of the molecule is CC.O=C(O)CCCOP(O)OCc1ccccc1. The fraction of sp³-hybridized carbons (Fsp3) is 0.462. The predicted molar refractivity (Wildman–Crippen MR) is 74.5 cm³/mol. The average molecular weight is 288 g/mol. The van der Waals surface area contributed by atoms with Gasteiger partial charge in [-0.05, 0) is 12.0 Å². The van der Waals surface area contributed by atoms with Crippen LogP contribution < -0.4 is 0 Å². The Kier molecular flexibility index (Phi) is 11.4. The Labute approximate surface area is 115 Å². The highest BCUT2D eigenvalue weighted by atomic mass is 31.2. The Balaban J connectivity index is 0.00000154. The molecular formula is C13H21O5P. The zero-order chi connectivity index (χ0) is 14.5. The maximum atomic E-state index is 10.2. The summed E-state index contributed by atoms with van der Waals surface area (Å²) in [5.41, 5.74) is 0.947. The molecule has 0 aliphatic rings. The van der Waals surface area contributed by atoms with Gasteiger partial charge in [-0.15, -0.1) is 0 Å². The molecule has 0 amide bonds. The third-order valence-electron chi connectivity index (χ3n) is 1.92. The van der Waals surface area contributed by atoms with Crippen molar-refractivity contribution in [3.05, 3.63) is 35.9 Å². The Morgan fingerprint density at radius 1 is 1.21 bits per heavy atom. The zero-order valence-corrected chi connectivity index (χ0v) is 12.2. The minimum atomic E-state index is -1.93. The molecule has 6 heteroatoms. The molecule has 1 rings (SSSR count). The van der Waals surface area contributed by atoms with E-state index in [2.05, 4.69) is 0 Å². The number of carbonyl (C=O) groups is 1. The fourth-order valence-electron chi connectivity index (χ4n) is 1.11. The smallest absolute Gasteiger partial charge is 0.330 e. The largest absolute Gasteiger partial charge is 0.481 e. The van der Waals surface area contributed by atoms with Crippen LogP contribution in [-0.2, 0) is 20.4 Å². The number of benzene rings is 1. The zero-order valence-electron chi connectivity index (χ0n) is 11.3. The molecule has 0 fully saturated rings. The molecule has 108 valence electrons. The van der Waals surface area contributed by atoms with Crippen LogP contribution in [0, 0.1) is 0 Å². The molecule has 2 N–H and O–H groups in total. The van der Waals surface area contributed by atoms with Crippen molar-refractivity contribution in [3.8, 4) is 0 Å². The summed E-state index contributed by atoms with van der Waals surface area (Å²) >= 11 is 0. The minimum absolute atomic E-state index is 0.0296. The number of aliphatic carboxylic acids is 1. The summed E-state index contributed by atoms with van der Waals surface area (Å²) in [5, 5.41) is 8.39. The van der Waals surface area contributed by atoms with Gasteiger partial charge in [-0.3, -0.25) is 4.79 Å². The van der Waals surface area contributed by atoms with Crippen molar-refractivity contribution in [1.29, 1.82) is 0 Å². The maximum Gasteiger partial charge on any atom is 0.330 e. The summed E-state index contributed by atoms with van der Waals surface area (Å²) < 4.78 is 10.0. The van der Waals surface area contributed by atoms with Crippen LogP contribution >= 0.6 is 8.60 Å². The van der Waals surface area contributed by atoms with Crippen molar-refractivity contribution in [3.63, 3.8) is 0 Å². The van der Waals surface area contributed by atoms with Gasteiger partial charge in [0.15, 0.2) is 0 Å². The van der Waals surface area contributed by atoms with Crippen LogP contribution in [0.1, 0.15) is 32.3 Å². The van der Waals surface area contributed by atoms with Crippen molar-refractivity contribution in [1.82, 2.24) is 0 Å². The lowest BCUT2D eigenvalue weighted by Crippen LogP contribution is -1.99. The highest BCUT2D eigenvalue weighted by Gasteiger charge is 2.07. The van der Waals surface area contributed by atoms with Gasteiger partial charge in [-0.2, -0.15) is 0 Å². The molecule has 0 radical (unpaired) electrons. The van der Waals surface area contributed by atoms with Gasteiger partial charge >= 0.3 is 14.6 Å². The number of hydrogen-bond acceptors (Lipinski definition) is 4. The van der Waals surface area contributed by atoms with Crippen molar-refractivity contribution in [2.75, 3.05) is 6.61 Å². The summed E-state index contributed by atoms with van der Waals surface area (Å²) in [4.78, 5) is 19.6. The molecule has 0 heterocycles. The number of carboxylic acid groups (broad SMARTS) is 1. The lowest BCUT2D eigenvalue weighted by molar-refractivity contribution is -0.137. The van der Waals surface area contributed by atoms with Gasteiger partial charge in [-0.1, -0.05) is 44.2 Å². The standard InChI is InChI=1S/C11H15O5P.C2H6/c12-11(13)7-4-8-15-17(14)16-9-10-5-2-1-3-6-10;1-2/h1-3,5-6,14H,4,7-9H2,(H,12,13);1-2H3. The number of carboxylic acids is 1. The van der Waals surface area contributed by atoms with Crippen LogP contribution in [0.3, 0.4) is 0 Å². The number of rotatable bonds is 8. The first-order valence-electron chi connectivity index (χ1n) is 6.19. The molecule has 0 aliphatic heterocycles. The van der Waals surface area contributed by atoms with Crippen molar-refractivity contribution in [2.45, 2.75) is 33.3 Å². The average Bonchev–Trinajstić information content (AvgIpc) is 2.44. The van der Waals surface area contributed by atoms with E-state index in [0.29, 0.717) is 6.42 Å². The second-order valence-electron chi connectivity index (χ2n) is 3.33. The first-order valence-corrected chi connectivity index (χ1v) is 7.32. The van der Waals surface area contributed by atoms with Gasteiger partial charge in [0, 0.05) is 6.42 Å². The Morgan fingerprint density at radius 2 is 1.84 bits per heavy atom. The Bertz CT molecular complexity index is 331. The van der Waals surface area contributed by atoms with Crippen molar-refractivity contribution < 1.29 is 23.8 Å². The van der Waals surface area contributed by atoms with E-state index in [-0.39, 0.29) is 19.6 Å². The topological polar surface area (TPSA) is 76.0 Å². The molecule has 0 saturated carbocycles. The molecule has 19 heavy (non-hydrogen) atoms. The molecule has 0 saturated heterocycles. The molecule has 5 nitrogen and oxygen atoms in total. The number of hydrogen-bond donors (Lipinski definition) is 2. The first-order chi connectivity index (χ1) is 9.18. The van der Waals surface area contributed by atoms with Crippen molar-refractivity contribution in [2.24, 2.45) is 0 Å². The predicted octanol–water partition coefficient (Wildman–Crippen LogP) is 3.33.